The van der Waals surface area contributed by atoms with Crippen LogP contribution in [-0.4, -0.2) is 95.2 Å². The maximum atomic E-state index is 13.4. The summed E-state index contributed by atoms with van der Waals surface area (Å²) in [5.41, 5.74) is 0.0314. The van der Waals surface area contributed by atoms with Crippen molar-refractivity contribution in [2.75, 3.05) is 44.2 Å². The van der Waals surface area contributed by atoms with Crippen LogP contribution in [0.4, 0.5) is 19.7 Å². The number of carbonyl (C=O) groups excluding carboxylic acids is 4. The lowest BCUT2D eigenvalue weighted by Crippen LogP contribution is -2.53. The molecule has 52 heavy (non-hydrogen) atoms. The number of anilines is 1. The number of hydrogen-bond donors (Lipinski definition) is 0. The molecule has 0 N–H and O–H groups in total. The number of piperidine rings is 2. The number of likely N-dealkylation sites (tertiary alicyclic amines) is 2. The fraction of sp³-hybridized carbons (Fsp3) is 0.600. The number of hydrogen-bond acceptors (Lipinski definition) is 9. The largest absolute Gasteiger partial charge is 0.486 e. The van der Waals surface area contributed by atoms with Gasteiger partial charge in [-0.1, -0.05) is 0 Å². The lowest BCUT2D eigenvalue weighted by molar-refractivity contribution is -0.0241. The first-order valence-electron chi connectivity index (χ1n) is 18.5. The van der Waals surface area contributed by atoms with Crippen molar-refractivity contribution in [3.63, 3.8) is 0 Å². The number of Topliss-reactive ketones (excluding diaryl/α,β-unsaturated/α-hetero) is 2. The molecule has 7 rings (SSSR count). The second-order valence-electron chi connectivity index (χ2n) is 16.7. The molecular weight excluding hydrogens is 669 g/mol. The van der Waals surface area contributed by atoms with Crippen LogP contribution in [0.15, 0.2) is 36.4 Å². The molecule has 282 valence electrons. The molecule has 0 atom stereocenters. The van der Waals surface area contributed by atoms with Crippen LogP contribution in [-0.2, 0) is 9.47 Å². The van der Waals surface area contributed by atoms with E-state index in [1.54, 1.807) is 9.80 Å². The topological polar surface area (TPSA) is 115 Å². The average molecular weight is 722 g/mol. The number of rotatable bonds is 1. The number of fused-ring (bicyclic) bond motifs is 2. The van der Waals surface area contributed by atoms with Gasteiger partial charge in [0.25, 0.3) is 0 Å². The quantitative estimate of drug-likeness (QED) is 0.294. The number of ether oxygens (including phenoxy) is 4. The molecule has 0 aliphatic carbocycles. The van der Waals surface area contributed by atoms with Crippen molar-refractivity contribution < 1.29 is 42.5 Å². The number of nitrogens with zero attached hydrogens (tertiary/aromatic N) is 3. The maximum absolute atomic E-state index is 13.4. The van der Waals surface area contributed by atoms with E-state index in [1.807, 2.05) is 59.7 Å². The van der Waals surface area contributed by atoms with Crippen LogP contribution in [0, 0.1) is 5.82 Å². The van der Waals surface area contributed by atoms with Crippen molar-refractivity contribution in [2.24, 2.45) is 0 Å². The van der Waals surface area contributed by atoms with Gasteiger partial charge in [0.1, 0.15) is 39.7 Å². The Balaban J connectivity index is 0.000000181. The summed E-state index contributed by atoms with van der Waals surface area (Å²) in [7, 11) is 0. The van der Waals surface area contributed by atoms with E-state index < -0.39 is 28.2 Å². The van der Waals surface area contributed by atoms with Gasteiger partial charge in [-0.3, -0.25) is 9.59 Å². The zero-order valence-electron chi connectivity index (χ0n) is 31.3. The summed E-state index contributed by atoms with van der Waals surface area (Å²) in [5.74, 6) is 0.676. The highest BCUT2D eigenvalue weighted by molar-refractivity contribution is 6.01. The highest BCUT2D eigenvalue weighted by Crippen LogP contribution is 2.42. The second kappa shape index (κ2) is 14.2. The van der Waals surface area contributed by atoms with Crippen LogP contribution in [0.25, 0.3) is 0 Å². The summed E-state index contributed by atoms with van der Waals surface area (Å²) in [6.45, 7) is 15.2. The van der Waals surface area contributed by atoms with Crippen molar-refractivity contribution >= 4 is 29.4 Å². The molecule has 0 unspecified atom stereocenters. The standard InChI is InChI=1S/C22H30N2O4.C18H22FNO4/c1-21(2,3)28-20(26)24-12-8-22(9-13-24)15-18(25)17-7-6-16(14-19(17)27-22)23-10-4-5-11-23;1-17(2,3)24-16(22)20-8-6-18(7-9-20)11-14(21)13-5-4-12(19)10-15(13)23-18/h6-7,14H,4-5,8-13,15H2,1-3H3;4-5,10H,6-9,11H2,1-3H3. The summed E-state index contributed by atoms with van der Waals surface area (Å²) in [6.07, 6.45) is 4.74. The molecule has 2 aromatic carbocycles. The van der Waals surface area contributed by atoms with E-state index >= 15 is 0 Å². The van der Waals surface area contributed by atoms with Crippen molar-refractivity contribution in [2.45, 2.75) is 115 Å². The maximum Gasteiger partial charge on any atom is 0.410 e. The molecule has 2 amide bonds. The van der Waals surface area contributed by atoms with E-state index in [9.17, 15) is 23.6 Å². The van der Waals surface area contributed by atoms with E-state index in [4.69, 9.17) is 18.9 Å². The first kappa shape index (κ1) is 37.4. The van der Waals surface area contributed by atoms with Crippen LogP contribution in [0.5, 0.6) is 11.5 Å². The lowest BCUT2D eigenvalue weighted by atomic mass is 9.82. The second-order valence-corrected chi connectivity index (χ2v) is 16.7. The Labute approximate surface area is 305 Å². The van der Waals surface area contributed by atoms with E-state index in [0.29, 0.717) is 80.9 Å². The molecule has 3 fully saturated rings. The van der Waals surface area contributed by atoms with Crippen LogP contribution >= 0.6 is 0 Å². The van der Waals surface area contributed by atoms with Crippen molar-refractivity contribution in [3.8, 4) is 11.5 Å². The molecule has 2 spiro atoms. The molecular formula is C40H52FN3O8. The van der Waals surface area contributed by atoms with Crippen molar-refractivity contribution in [1.29, 1.82) is 0 Å². The molecule has 11 nitrogen and oxygen atoms in total. The normalized spacial score (nSPS) is 20.6. The minimum atomic E-state index is -0.656. The van der Waals surface area contributed by atoms with Gasteiger partial charge in [0, 0.05) is 82.8 Å². The van der Waals surface area contributed by atoms with Gasteiger partial charge in [-0.15, -0.1) is 0 Å². The number of benzene rings is 2. The van der Waals surface area contributed by atoms with Gasteiger partial charge in [0.05, 0.1) is 24.0 Å². The SMILES string of the molecule is CC(C)(C)OC(=O)N1CCC2(CC1)CC(=O)c1ccc(F)cc1O2.CC(C)(C)OC(=O)N1CCC2(CC1)CC(=O)c1ccc(N3CCCC3)cc1O2. The van der Waals surface area contributed by atoms with Crippen LogP contribution in [0.3, 0.4) is 0 Å². The number of ketones is 2. The molecule has 0 bridgehead atoms. The Bertz CT molecular complexity index is 1690. The Kier molecular flexibility index (Phi) is 10.2. The molecule has 5 aliphatic heterocycles. The van der Waals surface area contributed by atoms with Gasteiger partial charge in [0.2, 0.25) is 0 Å². The van der Waals surface area contributed by atoms with Gasteiger partial charge >= 0.3 is 12.2 Å². The third kappa shape index (κ3) is 8.64. The third-order valence-electron chi connectivity index (χ3n) is 10.3. The first-order chi connectivity index (χ1) is 24.4. The zero-order chi connectivity index (χ0) is 37.5. The number of carbonyl (C=O) groups is 4. The lowest BCUT2D eigenvalue weighted by Gasteiger charge is -2.44. The van der Waals surface area contributed by atoms with Crippen molar-refractivity contribution in [1.82, 2.24) is 9.80 Å². The Morgan fingerprint density at radius 3 is 1.52 bits per heavy atom. The van der Waals surface area contributed by atoms with E-state index in [2.05, 4.69) is 4.90 Å². The van der Waals surface area contributed by atoms with Gasteiger partial charge in [-0.25, -0.2) is 14.0 Å². The Morgan fingerprint density at radius 2 is 1.08 bits per heavy atom. The summed E-state index contributed by atoms with van der Waals surface area (Å²) in [5, 5.41) is 0. The minimum absolute atomic E-state index is 0.0398. The van der Waals surface area contributed by atoms with Crippen LogP contribution < -0.4 is 14.4 Å². The van der Waals surface area contributed by atoms with E-state index in [-0.39, 0.29) is 30.2 Å². The van der Waals surface area contributed by atoms with Crippen molar-refractivity contribution in [3.05, 3.63) is 53.3 Å². The summed E-state index contributed by atoms with van der Waals surface area (Å²) >= 11 is 0. The van der Waals surface area contributed by atoms with Gasteiger partial charge in [0.15, 0.2) is 11.6 Å². The molecule has 0 aromatic heterocycles. The first-order valence-corrected chi connectivity index (χ1v) is 18.5. The van der Waals surface area contributed by atoms with Gasteiger partial charge < -0.3 is 33.6 Å². The highest BCUT2D eigenvalue weighted by atomic mass is 19.1. The minimum Gasteiger partial charge on any atom is -0.486 e. The van der Waals surface area contributed by atoms with Crippen LogP contribution in [0.2, 0.25) is 0 Å². The number of amides is 2. The fourth-order valence-corrected chi connectivity index (χ4v) is 7.53. The summed E-state index contributed by atoms with van der Waals surface area (Å²) in [4.78, 5) is 55.3. The fourth-order valence-electron chi connectivity index (χ4n) is 7.53. The summed E-state index contributed by atoms with van der Waals surface area (Å²) in [6, 6.07) is 9.97. The summed E-state index contributed by atoms with van der Waals surface area (Å²) < 4.78 is 36.7. The molecule has 2 aromatic rings. The highest BCUT2D eigenvalue weighted by Gasteiger charge is 2.46. The molecule has 5 heterocycles. The third-order valence-corrected chi connectivity index (χ3v) is 10.3. The zero-order valence-corrected chi connectivity index (χ0v) is 31.3. The van der Waals surface area contributed by atoms with E-state index in [0.717, 1.165) is 18.8 Å². The number of halogens is 1. The predicted octanol–water partition coefficient (Wildman–Crippen LogP) is 7.58. The van der Waals surface area contributed by atoms with E-state index in [1.165, 1.54) is 31.0 Å². The Morgan fingerprint density at radius 1 is 0.654 bits per heavy atom. The average Bonchev–Trinajstić information content (AvgIpc) is 3.59. The Hall–Kier alpha value is -4.35. The van der Waals surface area contributed by atoms with Crippen LogP contribution in [0.1, 0.15) is 114 Å². The molecule has 3 saturated heterocycles. The molecule has 5 aliphatic rings. The monoisotopic (exact) mass is 721 g/mol. The smallest absolute Gasteiger partial charge is 0.410 e. The molecule has 0 saturated carbocycles. The van der Waals surface area contributed by atoms with Gasteiger partial charge in [-0.2, -0.15) is 0 Å². The van der Waals surface area contributed by atoms with Gasteiger partial charge in [-0.05, 0) is 78.6 Å². The molecule has 0 radical (unpaired) electrons. The molecule has 12 heteroatoms. The predicted molar refractivity (Wildman–Crippen MR) is 193 cm³/mol.